The molecule has 0 saturated heterocycles. The highest BCUT2D eigenvalue weighted by Gasteiger charge is 2.43. The van der Waals surface area contributed by atoms with E-state index in [4.69, 9.17) is 18.1 Å². The lowest BCUT2D eigenvalue weighted by atomic mass is 9.71. The number of rotatable bonds is 16. The molecule has 0 bridgehead atoms. The topological polar surface area (TPSA) is 71.1 Å². The van der Waals surface area contributed by atoms with Gasteiger partial charge in [-0.3, -0.25) is 9.13 Å². The van der Waals surface area contributed by atoms with Gasteiger partial charge in [-0.05, 0) is 94.7 Å². The van der Waals surface area contributed by atoms with Gasteiger partial charge in [0.25, 0.3) is 0 Å². The van der Waals surface area contributed by atoms with Gasteiger partial charge in [0.1, 0.15) is 0 Å². The van der Waals surface area contributed by atoms with E-state index in [1.807, 2.05) is 27.7 Å². The molecule has 0 aromatic heterocycles. The summed E-state index contributed by atoms with van der Waals surface area (Å²) in [6.45, 7) is 10.9. The van der Waals surface area contributed by atoms with Crippen molar-refractivity contribution in [2.45, 2.75) is 65.7 Å². The summed E-state index contributed by atoms with van der Waals surface area (Å²) in [6.07, 6.45) is 3.60. The third-order valence-corrected chi connectivity index (χ3v) is 11.7. The zero-order valence-electron chi connectivity index (χ0n) is 22.8. The summed E-state index contributed by atoms with van der Waals surface area (Å²) in [5, 5.41) is 0. The largest absolute Gasteiger partial charge is 0.330 e. The molecule has 2 aromatic carbocycles. The van der Waals surface area contributed by atoms with Gasteiger partial charge in [-0.25, -0.2) is 0 Å². The Morgan fingerprint density at radius 1 is 0.703 bits per heavy atom. The van der Waals surface area contributed by atoms with E-state index >= 15 is 0 Å². The number of hydrogen-bond acceptors (Lipinski definition) is 6. The Morgan fingerprint density at radius 3 is 1.59 bits per heavy atom. The van der Waals surface area contributed by atoms with Gasteiger partial charge in [-0.15, -0.1) is 0 Å². The fourth-order valence-corrected chi connectivity index (χ4v) is 9.20. The number of halogens is 1. The van der Waals surface area contributed by atoms with Gasteiger partial charge in [0, 0.05) is 9.89 Å². The van der Waals surface area contributed by atoms with Gasteiger partial charge in [0.05, 0.1) is 38.8 Å². The van der Waals surface area contributed by atoms with Crippen molar-refractivity contribution in [2.75, 3.05) is 38.8 Å². The first-order valence-corrected chi connectivity index (χ1v) is 17.6. The Balaban J connectivity index is 2.00. The number of benzene rings is 2. The standard InChI is InChI=1S/C28H41BrO6P2/c1-6-32-36(30,33-7-2)18-10-16-28(17-11-19-37(31,34-8-3)35-9-4)26-20-22(5)12-14-24(26)25-15-13-23(29)21-27(25)28/h12-15,20-21H,6-11,16-19H2,1-5H3. The molecule has 2 aromatic rings. The number of fused-ring (bicyclic) bond motifs is 3. The van der Waals surface area contributed by atoms with Crippen LogP contribution in [-0.4, -0.2) is 38.8 Å². The number of aryl methyl sites for hydroxylation is 1. The molecule has 37 heavy (non-hydrogen) atoms. The van der Waals surface area contributed by atoms with Gasteiger partial charge in [-0.2, -0.15) is 0 Å². The molecule has 0 heterocycles. The van der Waals surface area contributed by atoms with Gasteiger partial charge in [0.2, 0.25) is 0 Å². The molecule has 206 valence electrons. The second-order valence-corrected chi connectivity index (χ2v) is 14.7. The Labute approximate surface area is 231 Å². The zero-order valence-corrected chi connectivity index (χ0v) is 26.1. The maximum absolute atomic E-state index is 13.3. The molecule has 0 N–H and O–H groups in total. The predicted molar refractivity (Wildman–Crippen MR) is 155 cm³/mol. The molecule has 0 spiro atoms. The minimum Gasteiger partial charge on any atom is -0.309 e. The van der Waals surface area contributed by atoms with Crippen molar-refractivity contribution in [3.63, 3.8) is 0 Å². The summed E-state index contributed by atoms with van der Waals surface area (Å²) in [4.78, 5) is 0. The van der Waals surface area contributed by atoms with Gasteiger partial charge in [-0.1, -0.05) is 45.8 Å². The lowest BCUT2D eigenvalue weighted by Gasteiger charge is -2.34. The SMILES string of the molecule is CCOP(=O)(CCCC1(CCCP(=O)(OCC)OCC)c2cc(C)ccc2-c2ccc(Br)cc21)OCC. The maximum Gasteiger partial charge on any atom is 0.330 e. The molecule has 1 aliphatic carbocycles. The minimum absolute atomic E-state index is 0.326. The molecule has 1 aliphatic rings. The summed E-state index contributed by atoms with van der Waals surface area (Å²) in [6, 6.07) is 13.1. The second kappa shape index (κ2) is 13.5. The molecular weight excluding hydrogens is 574 g/mol. The van der Waals surface area contributed by atoms with Crippen molar-refractivity contribution in [1.29, 1.82) is 0 Å². The zero-order chi connectivity index (χ0) is 27.1. The molecule has 3 rings (SSSR count). The van der Waals surface area contributed by atoms with Crippen LogP contribution >= 0.6 is 31.1 Å². The minimum atomic E-state index is -3.16. The lowest BCUT2D eigenvalue weighted by Crippen LogP contribution is -2.26. The quantitative estimate of drug-likeness (QED) is 0.176. The maximum atomic E-state index is 13.3. The Kier molecular flexibility index (Phi) is 11.2. The lowest BCUT2D eigenvalue weighted by molar-refractivity contribution is 0.218. The summed E-state index contributed by atoms with van der Waals surface area (Å²) < 4.78 is 49.9. The summed E-state index contributed by atoms with van der Waals surface area (Å²) >= 11 is 3.69. The Morgan fingerprint density at radius 2 is 1.14 bits per heavy atom. The third kappa shape index (κ3) is 7.25. The molecule has 6 nitrogen and oxygen atoms in total. The van der Waals surface area contributed by atoms with Gasteiger partial charge in [0.15, 0.2) is 0 Å². The fraction of sp³-hybridized carbons (Fsp3) is 0.571. The smallest absolute Gasteiger partial charge is 0.309 e. The fourth-order valence-electron chi connectivity index (χ4n) is 5.51. The van der Waals surface area contributed by atoms with Crippen LogP contribution in [0.4, 0.5) is 0 Å². The summed E-state index contributed by atoms with van der Waals surface area (Å²) in [7, 11) is -6.32. The van der Waals surface area contributed by atoms with Crippen LogP contribution in [0.2, 0.25) is 0 Å². The summed E-state index contributed by atoms with van der Waals surface area (Å²) in [5.74, 6) is 0. The van der Waals surface area contributed by atoms with Crippen LogP contribution in [0.1, 0.15) is 70.1 Å². The Bertz CT molecular complexity index is 1040. The molecule has 0 unspecified atom stereocenters. The molecule has 0 aliphatic heterocycles. The van der Waals surface area contributed by atoms with Crippen LogP contribution in [0.15, 0.2) is 40.9 Å². The molecular formula is C28H41BrO6P2. The van der Waals surface area contributed by atoms with Crippen LogP contribution in [0.25, 0.3) is 11.1 Å². The van der Waals surface area contributed by atoms with Crippen molar-refractivity contribution in [2.24, 2.45) is 0 Å². The van der Waals surface area contributed by atoms with Gasteiger partial charge >= 0.3 is 15.2 Å². The van der Waals surface area contributed by atoms with E-state index in [2.05, 4.69) is 59.3 Å². The average molecular weight is 615 g/mol. The first-order valence-electron chi connectivity index (χ1n) is 13.3. The van der Waals surface area contributed by atoms with Crippen LogP contribution in [0, 0.1) is 6.92 Å². The van der Waals surface area contributed by atoms with Crippen molar-refractivity contribution in [1.82, 2.24) is 0 Å². The van der Waals surface area contributed by atoms with Crippen LogP contribution in [0.3, 0.4) is 0 Å². The first kappa shape index (κ1) is 30.8. The van der Waals surface area contributed by atoms with E-state index in [-0.39, 0.29) is 5.41 Å². The van der Waals surface area contributed by atoms with E-state index in [0.717, 1.165) is 17.3 Å². The van der Waals surface area contributed by atoms with Gasteiger partial charge < -0.3 is 18.1 Å². The number of hydrogen-bond donors (Lipinski definition) is 0. The van der Waals surface area contributed by atoms with Crippen molar-refractivity contribution in [3.05, 3.63) is 57.6 Å². The first-order chi connectivity index (χ1) is 17.7. The molecule has 0 fully saturated rings. The van der Waals surface area contributed by atoms with E-state index in [0.29, 0.717) is 51.6 Å². The highest BCUT2D eigenvalue weighted by Crippen LogP contribution is 2.57. The molecule has 0 atom stereocenters. The van der Waals surface area contributed by atoms with Crippen LogP contribution in [-0.2, 0) is 32.6 Å². The van der Waals surface area contributed by atoms with Crippen LogP contribution in [0.5, 0.6) is 0 Å². The second-order valence-electron chi connectivity index (χ2n) is 9.37. The summed E-state index contributed by atoms with van der Waals surface area (Å²) in [5.41, 5.74) is 5.82. The normalized spacial score (nSPS) is 14.5. The highest BCUT2D eigenvalue weighted by atomic mass is 79.9. The Hall–Kier alpha value is -0.780. The van der Waals surface area contributed by atoms with Crippen molar-refractivity contribution < 1.29 is 27.2 Å². The predicted octanol–water partition coefficient (Wildman–Crippen LogP) is 9.12. The average Bonchev–Trinajstić information content (AvgIpc) is 3.08. The van der Waals surface area contributed by atoms with Crippen LogP contribution < -0.4 is 0 Å². The van der Waals surface area contributed by atoms with Crippen molar-refractivity contribution in [3.8, 4) is 11.1 Å². The monoisotopic (exact) mass is 614 g/mol. The molecule has 9 heteroatoms. The molecule has 0 saturated carbocycles. The third-order valence-electron chi connectivity index (χ3n) is 6.85. The van der Waals surface area contributed by atoms with E-state index < -0.39 is 15.2 Å². The van der Waals surface area contributed by atoms with Crippen molar-refractivity contribution >= 4 is 31.1 Å². The molecule has 0 amide bonds. The van der Waals surface area contributed by atoms with E-state index in [1.165, 1.54) is 27.8 Å². The van der Waals surface area contributed by atoms with E-state index in [9.17, 15) is 9.13 Å². The van der Waals surface area contributed by atoms with E-state index in [1.54, 1.807) is 0 Å². The highest BCUT2D eigenvalue weighted by molar-refractivity contribution is 9.10. The molecule has 0 radical (unpaired) electrons.